The van der Waals surface area contributed by atoms with Crippen LogP contribution < -0.4 is 9.47 Å². The van der Waals surface area contributed by atoms with Gasteiger partial charge in [0.15, 0.2) is 0 Å². The Bertz CT molecular complexity index is 640. The predicted molar refractivity (Wildman–Crippen MR) is 84.9 cm³/mol. The van der Waals surface area contributed by atoms with Gasteiger partial charge in [0, 0.05) is 15.6 Å². The van der Waals surface area contributed by atoms with Crippen LogP contribution in [0.3, 0.4) is 0 Å². The maximum atomic E-state index is 9.85. The lowest BCUT2D eigenvalue weighted by molar-refractivity contribution is 0.187. The van der Waals surface area contributed by atoms with Crippen LogP contribution in [0.4, 0.5) is 0 Å². The van der Waals surface area contributed by atoms with Gasteiger partial charge in [-0.05, 0) is 31.2 Å². The Morgan fingerprint density at radius 1 is 1.33 bits per heavy atom. The molecule has 2 unspecified atom stereocenters. The van der Waals surface area contributed by atoms with Crippen molar-refractivity contribution in [3.05, 3.63) is 58.1 Å². The molecule has 0 aliphatic carbocycles. The van der Waals surface area contributed by atoms with E-state index in [1.807, 2.05) is 36.4 Å². The van der Waals surface area contributed by atoms with Crippen LogP contribution in [0, 0.1) is 0 Å². The topological polar surface area (TPSA) is 38.7 Å². The zero-order valence-electron chi connectivity index (χ0n) is 11.8. The van der Waals surface area contributed by atoms with Crippen LogP contribution in [0.15, 0.2) is 46.9 Å². The lowest BCUT2D eigenvalue weighted by Gasteiger charge is -2.16. The van der Waals surface area contributed by atoms with Crippen molar-refractivity contribution in [3.63, 3.8) is 0 Å². The molecular formula is C17H17BrO3. The molecule has 2 atom stereocenters. The molecule has 2 aromatic carbocycles. The van der Waals surface area contributed by atoms with E-state index in [9.17, 15) is 5.11 Å². The number of ether oxygens (including phenoxy) is 2. The number of aliphatic hydroxyl groups is 1. The van der Waals surface area contributed by atoms with Crippen LogP contribution in [0.25, 0.3) is 0 Å². The first-order chi connectivity index (χ1) is 10.1. The maximum Gasteiger partial charge on any atom is 0.125 e. The lowest BCUT2D eigenvalue weighted by Crippen LogP contribution is -2.12. The van der Waals surface area contributed by atoms with Gasteiger partial charge in [-0.15, -0.1) is 0 Å². The van der Waals surface area contributed by atoms with E-state index in [2.05, 4.69) is 22.0 Å². The molecule has 1 N–H and O–H groups in total. The lowest BCUT2D eigenvalue weighted by atomic mass is 10.0. The monoisotopic (exact) mass is 348 g/mol. The minimum atomic E-state index is -0.565. The van der Waals surface area contributed by atoms with E-state index in [0.717, 1.165) is 21.5 Å². The molecule has 0 amide bonds. The number of rotatable bonds is 4. The third-order valence-corrected chi connectivity index (χ3v) is 4.15. The molecule has 21 heavy (non-hydrogen) atoms. The van der Waals surface area contributed by atoms with E-state index < -0.39 is 6.10 Å². The van der Waals surface area contributed by atoms with Gasteiger partial charge in [0.1, 0.15) is 11.5 Å². The van der Waals surface area contributed by atoms with Crippen LogP contribution in [0.2, 0.25) is 0 Å². The van der Waals surface area contributed by atoms with Crippen molar-refractivity contribution >= 4 is 15.9 Å². The van der Waals surface area contributed by atoms with Crippen LogP contribution in [0.5, 0.6) is 11.5 Å². The SMILES string of the molecule is CC(O)c1cc(Br)ccc1OCC1COc2ccccc21. The first kappa shape index (κ1) is 14.4. The first-order valence-corrected chi connectivity index (χ1v) is 7.76. The summed E-state index contributed by atoms with van der Waals surface area (Å²) in [4.78, 5) is 0. The minimum Gasteiger partial charge on any atom is -0.493 e. The van der Waals surface area contributed by atoms with E-state index in [1.165, 1.54) is 5.56 Å². The maximum absolute atomic E-state index is 9.85. The molecule has 0 aromatic heterocycles. The Hall–Kier alpha value is -1.52. The van der Waals surface area contributed by atoms with Gasteiger partial charge >= 0.3 is 0 Å². The van der Waals surface area contributed by atoms with Crippen molar-refractivity contribution in [2.24, 2.45) is 0 Å². The van der Waals surface area contributed by atoms with Crippen molar-refractivity contribution in [2.45, 2.75) is 18.9 Å². The van der Waals surface area contributed by atoms with Gasteiger partial charge in [-0.2, -0.15) is 0 Å². The summed E-state index contributed by atoms with van der Waals surface area (Å²) in [6, 6.07) is 13.7. The Morgan fingerprint density at radius 3 is 2.95 bits per heavy atom. The highest BCUT2D eigenvalue weighted by atomic mass is 79.9. The second-order valence-electron chi connectivity index (χ2n) is 5.21. The fourth-order valence-corrected chi connectivity index (χ4v) is 2.91. The van der Waals surface area contributed by atoms with Gasteiger partial charge < -0.3 is 14.6 Å². The van der Waals surface area contributed by atoms with Gasteiger partial charge in [-0.25, -0.2) is 0 Å². The van der Waals surface area contributed by atoms with E-state index in [1.54, 1.807) is 6.92 Å². The highest BCUT2D eigenvalue weighted by Gasteiger charge is 2.24. The fourth-order valence-electron chi connectivity index (χ4n) is 2.53. The van der Waals surface area contributed by atoms with Crippen LogP contribution in [-0.2, 0) is 0 Å². The number of para-hydroxylation sites is 1. The summed E-state index contributed by atoms with van der Waals surface area (Å²) in [5, 5.41) is 9.85. The Morgan fingerprint density at radius 2 is 2.14 bits per heavy atom. The smallest absolute Gasteiger partial charge is 0.125 e. The minimum absolute atomic E-state index is 0.228. The summed E-state index contributed by atoms with van der Waals surface area (Å²) < 4.78 is 12.5. The molecule has 1 aliphatic rings. The molecule has 1 heterocycles. The zero-order chi connectivity index (χ0) is 14.8. The summed E-state index contributed by atoms with van der Waals surface area (Å²) in [5.41, 5.74) is 1.98. The third kappa shape index (κ3) is 3.06. The molecule has 0 saturated heterocycles. The van der Waals surface area contributed by atoms with Crippen molar-refractivity contribution in [1.29, 1.82) is 0 Å². The second-order valence-corrected chi connectivity index (χ2v) is 6.13. The predicted octanol–water partition coefficient (Wildman–Crippen LogP) is 4.06. The summed E-state index contributed by atoms with van der Waals surface area (Å²) in [7, 11) is 0. The number of fused-ring (bicyclic) bond motifs is 1. The summed E-state index contributed by atoms with van der Waals surface area (Å²) >= 11 is 3.42. The molecule has 4 heteroatoms. The molecule has 0 bridgehead atoms. The van der Waals surface area contributed by atoms with E-state index >= 15 is 0 Å². The Kier molecular flexibility index (Phi) is 4.17. The molecule has 110 valence electrons. The van der Waals surface area contributed by atoms with Gasteiger partial charge in [-0.3, -0.25) is 0 Å². The van der Waals surface area contributed by atoms with Crippen LogP contribution in [-0.4, -0.2) is 18.3 Å². The van der Waals surface area contributed by atoms with Crippen molar-refractivity contribution in [2.75, 3.05) is 13.2 Å². The normalized spacial score (nSPS) is 18.0. The van der Waals surface area contributed by atoms with Gasteiger partial charge in [0.2, 0.25) is 0 Å². The average molecular weight is 349 g/mol. The Balaban J connectivity index is 1.75. The molecule has 0 radical (unpaired) electrons. The second kappa shape index (κ2) is 6.08. The van der Waals surface area contributed by atoms with Crippen molar-refractivity contribution in [1.82, 2.24) is 0 Å². The molecule has 1 aliphatic heterocycles. The van der Waals surface area contributed by atoms with Crippen LogP contribution >= 0.6 is 15.9 Å². The summed E-state index contributed by atoms with van der Waals surface area (Å²) in [6.07, 6.45) is -0.565. The molecular weight excluding hydrogens is 332 g/mol. The number of hydrogen-bond acceptors (Lipinski definition) is 3. The van der Waals surface area contributed by atoms with Gasteiger partial charge in [0.05, 0.1) is 25.2 Å². The number of benzene rings is 2. The highest BCUT2D eigenvalue weighted by Crippen LogP contribution is 2.35. The number of halogens is 1. The molecule has 0 spiro atoms. The first-order valence-electron chi connectivity index (χ1n) is 6.97. The van der Waals surface area contributed by atoms with E-state index in [0.29, 0.717) is 13.2 Å². The van der Waals surface area contributed by atoms with E-state index in [-0.39, 0.29) is 5.92 Å². The summed E-state index contributed by atoms with van der Waals surface area (Å²) in [5.74, 6) is 1.89. The molecule has 0 fully saturated rings. The van der Waals surface area contributed by atoms with Gasteiger partial charge in [0.25, 0.3) is 0 Å². The van der Waals surface area contributed by atoms with Crippen molar-refractivity contribution in [3.8, 4) is 11.5 Å². The number of hydrogen-bond donors (Lipinski definition) is 1. The fraction of sp³-hybridized carbons (Fsp3) is 0.294. The standard InChI is InChI=1S/C17H17BrO3/c1-11(19)15-8-13(18)6-7-17(15)21-10-12-9-20-16-5-3-2-4-14(12)16/h2-8,11-12,19H,9-10H2,1H3. The number of aliphatic hydroxyl groups excluding tert-OH is 1. The molecule has 3 nitrogen and oxygen atoms in total. The molecule has 2 aromatic rings. The molecule has 0 saturated carbocycles. The Labute approximate surface area is 132 Å². The average Bonchev–Trinajstić information content (AvgIpc) is 2.89. The summed E-state index contributed by atoms with van der Waals surface area (Å²) in [6.45, 7) is 2.92. The third-order valence-electron chi connectivity index (χ3n) is 3.66. The largest absolute Gasteiger partial charge is 0.493 e. The highest BCUT2D eigenvalue weighted by molar-refractivity contribution is 9.10. The van der Waals surface area contributed by atoms with Crippen LogP contribution in [0.1, 0.15) is 30.1 Å². The van der Waals surface area contributed by atoms with Gasteiger partial charge in [-0.1, -0.05) is 34.1 Å². The zero-order valence-corrected chi connectivity index (χ0v) is 13.3. The quantitative estimate of drug-likeness (QED) is 0.905. The van der Waals surface area contributed by atoms with E-state index in [4.69, 9.17) is 9.47 Å². The van der Waals surface area contributed by atoms with Crippen molar-refractivity contribution < 1.29 is 14.6 Å². The molecule has 3 rings (SSSR count).